The van der Waals surface area contributed by atoms with Gasteiger partial charge in [-0.1, -0.05) is 12.2 Å². The van der Waals surface area contributed by atoms with E-state index in [1.54, 1.807) is 0 Å². The largest absolute Gasteiger partial charge is 0.392 e. The summed E-state index contributed by atoms with van der Waals surface area (Å²) >= 11 is 7.05. The molecule has 0 saturated carbocycles. The zero-order chi connectivity index (χ0) is 13.9. The van der Waals surface area contributed by atoms with Crippen LogP contribution in [0.1, 0.15) is 25.3 Å². The molecule has 1 aliphatic rings. The molecule has 0 aromatic carbocycles. The van der Waals surface area contributed by atoms with E-state index in [1.165, 1.54) is 5.56 Å². The molecule has 19 heavy (non-hydrogen) atoms. The molecule has 0 unspecified atom stereocenters. The minimum absolute atomic E-state index is 0.0133. The first kappa shape index (κ1) is 14.8. The summed E-state index contributed by atoms with van der Waals surface area (Å²) in [6, 6.07) is 0. The van der Waals surface area contributed by atoms with Crippen LogP contribution in [0.2, 0.25) is 0 Å². The number of rotatable bonds is 5. The summed E-state index contributed by atoms with van der Waals surface area (Å²) in [5, 5.41) is 4.32. The minimum atomic E-state index is 0.0133. The molecule has 2 rings (SSSR count). The summed E-state index contributed by atoms with van der Waals surface area (Å²) in [5.41, 5.74) is 7.20. The highest BCUT2D eigenvalue weighted by molar-refractivity contribution is 8.02. The Morgan fingerprint density at radius 3 is 2.68 bits per heavy atom. The van der Waals surface area contributed by atoms with Crippen LogP contribution in [0, 0.1) is 0 Å². The van der Waals surface area contributed by atoms with Crippen molar-refractivity contribution in [1.29, 1.82) is 0 Å². The maximum Gasteiger partial charge on any atom is 0.0891 e. The van der Waals surface area contributed by atoms with Gasteiger partial charge in [-0.05, 0) is 26.0 Å². The van der Waals surface area contributed by atoms with Crippen LogP contribution >= 0.6 is 24.0 Å². The van der Waals surface area contributed by atoms with Gasteiger partial charge in [0.25, 0.3) is 0 Å². The van der Waals surface area contributed by atoms with Gasteiger partial charge in [0.15, 0.2) is 0 Å². The van der Waals surface area contributed by atoms with Gasteiger partial charge in [0.05, 0.1) is 15.9 Å². The maximum atomic E-state index is 5.91. The molecule has 0 bridgehead atoms. The van der Waals surface area contributed by atoms with E-state index >= 15 is 0 Å². The highest BCUT2D eigenvalue weighted by Crippen LogP contribution is 2.35. The first-order valence-corrected chi connectivity index (χ1v) is 8.31. The number of thioether (sulfide) groups is 1. The van der Waals surface area contributed by atoms with Crippen molar-refractivity contribution in [3.63, 3.8) is 0 Å². The second-order valence-corrected chi connectivity index (χ2v) is 6.67. The molecule has 1 aliphatic heterocycles. The molecule has 6 heteroatoms. The van der Waals surface area contributed by atoms with Crippen LogP contribution < -0.4 is 5.73 Å². The molecule has 2 heterocycles. The molecule has 1 fully saturated rings. The number of hydrogen-bond acceptors (Lipinski definition) is 4. The van der Waals surface area contributed by atoms with Crippen LogP contribution in [0.4, 0.5) is 0 Å². The van der Waals surface area contributed by atoms with E-state index in [2.05, 4.69) is 29.4 Å². The fourth-order valence-electron chi connectivity index (χ4n) is 2.54. The lowest BCUT2D eigenvalue weighted by Gasteiger charge is -2.39. The summed E-state index contributed by atoms with van der Waals surface area (Å²) in [6.45, 7) is 6.11. The second-order valence-electron chi connectivity index (χ2n) is 5.04. The normalized spacial score (nSPS) is 19.5. The standard InChI is InChI=1S/C13H22N4S2/c1-3-17-10-11(8-15-17)9-16-6-4-13(19-2,5-7-16)12(14)18/h8,10H,3-7,9H2,1-2H3,(H2,14,18). The summed E-state index contributed by atoms with van der Waals surface area (Å²) in [6.07, 6.45) is 8.30. The van der Waals surface area contributed by atoms with Gasteiger partial charge in [-0.25, -0.2) is 0 Å². The number of piperidine rings is 1. The highest BCUT2D eigenvalue weighted by atomic mass is 32.2. The average molecular weight is 298 g/mol. The maximum absolute atomic E-state index is 5.91. The Morgan fingerprint density at radius 2 is 2.21 bits per heavy atom. The quantitative estimate of drug-likeness (QED) is 0.841. The van der Waals surface area contributed by atoms with E-state index in [1.807, 2.05) is 22.6 Å². The Hall–Kier alpha value is -0.590. The monoisotopic (exact) mass is 298 g/mol. The Bertz CT molecular complexity index is 436. The molecule has 0 aliphatic carbocycles. The van der Waals surface area contributed by atoms with Crippen molar-refractivity contribution in [2.45, 2.75) is 37.6 Å². The van der Waals surface area contributed by atoms with Crippen molar-refractivity contribution in [3.05, 3.63) is 18.0 Å². The second kappa shape index (κ2) is 6.24. The predicted octanol–water partition coefficient (Wildman–Crippen LogP) is 1.89. The van der Waals surface area contributed by atoms with E-state index in [0.29, 0.717) is 4.99 Å². The zero-order valence-corrected chi connectivity index (χ0v) is 13.3. The van der Waals surface area contributed by atoms with Crippen LogP contribution in [-0.4, -0.2) is 43.8 Å². The Kier molecular flexibility index (Phi) is 4.86. The van der Waals surface area contributed by atoms with Crippen molar-refractivity contribution < 1.29 is 0 Å². The smallest absolute Gasteiger partial charge is 0.0891 e. The predicted molar refractivity (Wildman–Crippen MR) is 85.4 cm³/mol. The fourth-order valence-corrected chi connectivity index (χ4v) is 3.79. The molecule has 0 radical (unpaired) electrons. The summed E-state index contributed by atoms with van der Waals surface area (Å²) in [4.78, 5) is 3.13. The lowest BCUT2D eigenvalue weighted by molar-refractivity contribution is 0.212. The number of nitrogens with two attached hydrogens (primary N) is 1. The lowest BCUT2D eigenvalue weighted by atomic mass is 9.95. The van der Waals surface area contributed by atoms with Gasteiger partial charge in [0, 0.05) is 37.9 Å². The molecule has 1 aromatic heterocycles. The van der Waals surface area contributed by atoms with Crippen LogP contribution in [0.15, 0.2) is 12.4 Å². The van der Waals surface area contributed by atoms with Crippen molar-refractivity contribution in [2.24, 2.45) is 5.73 Å². The molecule has 106 valence electrons. The minimum Gasteiger partial charge on any atom is -0.392 e. The number of nitrogens with zero attached hydrogens (tertiary/aromatic N) is 3. The van der Waals surface area contributed by atoms with Gasteiger partial charge in [0.1, 0.15) is 0 Å². The molecular formula is C13H22N4S2. The third-order valence-electron chi connectivity index (χ3n) is 3.92. The zero-order valence-electron chi connectivity index (χ0n) is 11.6. The first-order valence-electron chi connectivity index (χ1n) is 6.68. The SMILES string of the molecule is CCn1cc(CN2CCC(SC)(C(N)=S)CC2)cn1. The molecule has 2 N–H and O–H groups in total. The third-order valence-corrected chi connectivity index (χ3v) is 5.85. The van der Waals surface area contributed by atoms with Gasteiger partial charge >= 0.3 is 0 Å². The number of aryl methyl sites for hydroxylation is 1. The van der Waals surface area contributed by atoms with E-state index in [0.717, 1.165) is 39.0 Å². The summed E-state index contributed by atoms with van der Waals surface area (Å²) in [5.74, 6) is 0. The Balaban J connectivity index is 1.91. The van der Waals surface area contributed by atoms with E-state index in [4.69, 9.17) is 18.0 Å². The van der Waals surface area contributed by atoms with E-state index in [9.17, 15) is 0 Å². The highest BCUT2D eigenvalue weighted by Gasteiger charge is 2.36. The number of aromatic nitrogens is 2. The molecule has 0 atom stereocenters. The lowest BCUT2D eigenvalue weighted by Crippen LogP contribution is -2.48. The molecular weight excluding hydrogens is 276 g/mol. The molecule has 0 amide bonds. The van der Waals surface area contributed by atoms with E-state index < -0.39 is 0 Å². The van der Waals surface area contributed by atoms with Gasteiger partial charge in [-0.15, -0.1) is 0 Å². The number of hydrogen-bond donors (Lipinski definition) is 1. The first-order chi connectivity index (χ1) is 9.09. The van der Waals surface area contributed by atoms with Crippen LogP contribution in [0.3, 0.4) is 0 Å². The summed E-state index contributed by atoms with van der Waals surface area (Å²) in [7, 11) is 0. The van der Waals surface area contributed by atoms with Crippen molar-refractivity contribution >= 4 is 29.0 Å². The number of likely N-dealkylation sites (tertiary alicyclic amines) is 1. The van der Waals surface area contributed by atoms with Crippen LogP contribution in [0.5, 0.6) is 0 Å². The molecule has 0 spiro atoms. The van der Waals surface area contributed by atoms with Gasteiger partial charge in [-0.2, -0.15) is 16.9 Å². The molecule has 1 saturated heterocycles. The Labute approximate surface area is 124 Å². The van der Waals surface area contributed by atoms with Crippen LogP contribution in [0.25, 0.3) is 0 Å². The fraction of sp³-hybridized carbons (Fsp3) is 0.692. The van der Waals surface area contributed by atoms with Gasteiger partial charge in [0.2, 0.25) is 0 Å². The van der Waals surface area contributed by atoms with Crippen LogP contribution in [-0.2, 0) is 13.1 Å². The topological polar surface area (TPSA) is 47.1 Å². The Morgan fingerprint density at radius 1 is 1.53 bits per heavy atom. The average Bonchev–Trinajstić information content (AvgIpc) is 2.87. The van der Waals surface area contributed by atoms with Crippen molar-refractivity contribution in [2.75, 3.05) is 19.3 Å². The van der Waals surface area contributed by atoms with E-state index in [-0.39, 0.29) is 4.75 Å². The summed E-state index contributed by atoms with van der Waals surface area (Å²) < 4.78 is 1.99. The van der Waals surface area contributed by atoms with Crippen molar-refractivity contribution in [3.8, 4) is 0 Å². The third kappa shape index (κ3) is 3.30. The van der Waals surface area contributed by atoms with Gasteiger partial charge in [-0.3, -0.25) is 9.58 Å². The number of thiocarbonyl (C=S) groups is 1. The van der Waals surface area contributed by atoms with Gasteiger partial charge < -0.3 is 5.73 Å². The molecule has 1 aromatic rings. The molecule has 4 nitrogen and oxygen atoms in total. The van der Waals surface area contributed by atoms with Crippen molar-refractivity contribution in [1.82, 2.24) is 14.7 Å².